The highest BCUT2D eigenvalue weighted by Gasteiger charge is 2.22. The summed E-state index contributed by atoms with van der Waals surface area (Å²) in [6.07, 6.45) is 3.48. The van der Waals surface area contributed by atoms with Crippen LogP contribution in [0.25, 0.3) is 0 Å². The molecular weight excluding hydrogens is 316 g/mol. The average molecular weight is 343 g/mol. The van der Waals surface area contributed by atoms with Crippen molar-refractivity contribution in [3.8, 4) is 11.5 Å². The molecule has 1 atom stereocenters. The fraction of sp³-hybridized carbons (Fsp3) is 0.588. The van der Waals surface area contributed by atoms with Gasteiger partial charge < -0.3 is 19.7 Å². The third-order valence-corrected chi connectivity index (χ3v) is 4.26. The zero-order valence-corrected chi connectivity index (χ0v) is 14.9. The summed E-state index contributed by atoms with van der Waals surface area (Å²) in [5.74, 6) is 1.65. The SMILES string of the molecule is CNC1CCCN(C(=O)CCc2ccc(OC)c(OC)c2)C1.Cl. The zero-order chi connectivity index (χ0) is 15.9. The van der Waals surface area contributed by atoms with Crippen molar-refractivity contribution in [1.82, 2.24) is 10.2 Å². The molecule has 1 aliphatic rings. The number of amides is 1. The van der Waals surface area contributed by atoms with E-state index in [1.807, 2.05) is 30.1 Å². The Balaban J connectivity index is 0.00000264. The highest BCUT2D eigenvalue weighted by atomic mass is 35.5. The molecule has 1 saturated heterocycles. The number of halogens is 1. The van der Waals surface area contributed by atoms with Crippen molar-refractivity contribution in [1.29, 1.82) is 0 Å². The summed E-state index contributed by atoms with van der Waals surface area (Å²) < 4.78 is 10.5. The number of likely N-dealkylation sites (N-methyl/N-ethyl adjacent to an activating group) is 1. The van der Waals surface area contributed by atoms with Gasteiger partial charge >= 0.3 is 0 Å². The number of rotatable bonds is 6. The Morgan fingerprint density at radius 2 is 2.04 bits per heavy atom. The van der Waals surface area contributed by atoms with Gasteiger partial charge in [0.1, 0.15) is 0 Å². The van der Waals surface area contributed by atoms with Gasteiger partial charge in [0.15, 0.2) is 11.5 Å². The van der Waals surface area contributed by atoms with Gasteiger partial charge in [0.05, 0.1) is 14.2 Å². The summed E-state index contributed by atoms with van der Waals surface area (Å²) in [5.41, 5.74) is 1.09. The molecule has 1 heterocycles. The number of carbonyl (C=O) groups is 1. The molecule has 5 nitrogen and oxygen atoms in total. The number of hydrogen-bond acceptors (Lipinski definition) is 4. The molecule has 2 rings (SSSR count). The average Bonchev–Trinajstić information content (AvgIpc) is 2.59. The van der Waals surface area contributed by atoms with Gasteiger partial charge in [0.2, 0.25) is 5.91 Å². The van der Waals surface area contributed by atoms with Gasteiger partial charge in [0.25, 0.3) is 0 Å². The number of nitrogens with one attached hydrogen (secondary N) is 1. The molecule has 1 aromatic carbocycles. The van der Waals surface area contributed by atoms with E-state index in [1.54, 1.807) is 14.2 Å². The van der Waals surface area contributed by atoms with Gasteiger partial charge in [-0.1, -0.05) is 6.07 Å². The second-order valence-corrected chi connectivity index (χ2v) is 5.66. The van der Waals surface area contributed by atoms with E-state index in [1.165, 1.54) is 0 Å². The van der Waals surface area contributed by atoms with E-state index in [0.717, 1.165) is 37.9 Å². The first-order valence-corrected chi connectivity index (χ1v) is 7.84. The quantitative estimate of drug-likeness (QED) is 0.861. The van der Waals surface area contributed by atoms with E-state index < -0.39 is 0 Å². The van der Waals surface area contributed by atoms with E-state index in [4.69, 9.17) is 9.47 Å². The van der Waals surface area contributed by atoms with E-state index >= 15 is 0 Å². The van der Waals surface area contributed by atoms with Crippen LogP contribution < -0.4 is 14.8 Å². The minimum atomic E-state index is 0. The van der Waals surface area contributed by atoms with E-state index in [2.05, 4.69) is 5.32 Å². The van der Waals surface area contributed by atoms with Crippen molar-refractivity contribution in [2.75, 3.05) is 34.4 Å². The van der Waals surface area contributed by atoms with Crippen molar-refractivity contribution in [2.45, 2.75) is 31.7 Å². The maximum absolute atomic E-state index is 12.4. The first-order valence-electron chi connectivity index (χ1n) is 7.84. The lowest BCUT2D eigenvalue weighted by atomic mass is 10.0. The smallest absolute Gasteiger partial charge is 0.222 e. The first kappa shape index (κ1) is 19.6. The van der Waals surface area contributed by atoms with Crippen LogP contribution in [0.15, 0.2) is 18.2 Å². The lowest BCUT2D eigenvalue weighted by molar-refractivity contribution is -0.132. The maximum Gasteiger partial charge on any atom is 0.222 e. The van der Waals surface area contributed by atoms with Crippen LogP contribution in [-0.4, -0.2) is 51.2 Å². The molecule has 130 valence electrons. The Morgan fingerprint density at radius 3 is 2.70 bits per heavy atom. The van der Waals surface area contributed by atoms with Crippen LogP contribution in [0.5, 0.6) is 11.5 Å². The Bertz CT molecular complexity index is 511. The highest BCUT2D eigenvalue weighted by molar-refractivity contribution is 5.85. The fourth-order valence-electron chi connectivity index (χ4n) is 2.88. The van der Waals surface area contributed by atoms with Gasteiger partial charge in [-0.05, 0) is 44.0 Å². The lowest BCUT2D eigenvalue weighted by Crippen LogP contribution is -2.47. The second kappa shape index (κ2) is 9.63. The molecule has 0 radical (unpaired) electrons. The molecule has 23 heavy (non-hydrogen) atoms. The van der Waals surface area contributed by atoms with Crippen molar-refractivity contribution in [2.24, 2.45) is 0 Å². The Labute approximate surface area is 144 Å². The van der Waals surface area contributed by atoms with Crippen molar-refractivity contribution in [3.63, 3.8) is 0 Å². The molecule has 0 spiro atoms. The molecule has 0 aliphatic carbocycles. The van der Waals surface area contributed by atoms with Crippen LogP contribution in [0.4, 0.5) is 0 Å². The van der Waals surface area contributed by atoms with Crippen LogP contribution >= 0.6 is 12.4 Å². The number of ether oxygens (including phenoxy) is 2. The summed E-state index contributed by atoms with van der Waals surface area (Å²) in [6, 6.07) is 6.25. The Kier molecular flexibility index (Phi) is 8.20. The standard InChI is InChI=1S/C17H26N2O3.ClH/c1-18-14-5-4-10-19(12-14)17(20)9-7-13-6-8-15(21-2)16(11-13)22-3;/h6,8,11,14,18H,4-5,7,9-10,12H2,1-3H3;1H. The number of nitrogens with zero attached hydrogens (tertiary/aromatic N) is 1. The molecule has 1 amide bonds. The summed E-state index contributed by atoms with van der Waals surface area (Å²) in [6.45, 7) is 1.70. The van der Waals surface area contributed by atoms with Gasteiger partial charge in [-0.25, -0.2) is 0 Å². The summed E-state index contributed by atoms with van der Waals surface area (Å²) >= 11 is 0. The van der Waals surface area contributed by atoms with Crippen LogP contribution in [0.2, 0.25) is 0 Å². The predicted molar refractivity (Wildman–Crippen MR) is 93.8 cm³/mol. The van der Waals surface area contributed by atoms with Crippen molar-refractivity contribution >= 4 is 18.3 Å². The maximum atomic E-state index is 12.4. The zero-order valence-electron chi connectivity index (χ0n) is 14.1. The number of aryl methyl sites for hydroxylation is 1. The molecule has 0 saturated carbocycles. The normalized spacial score (nSPS) is 17.3. The molecular formula is C17H27ClN2O3. The number of carbonyl (C=O) groups excluding carboxylic acids is 1. The number of piperidine rings is 1. The predicted octanol–water partition coefficient (Wildman–Crippen LogP) is 2.27. The number of likely N-dealkylation sites (tertiary alicyclic amines) is 1. The molecule has 1 unspecified atom stereocenters. The number of hydrogen-bond donors (Lipinski definition) is 1. The summed E-state index contributed by atoms with van der Waals surface area (Å²) in [7, 11) is 5.20. The van der Waals surface area contributed by atoms with Crippen molar-refractivity contribution in [3.05, 3.63) is 23.8 Å². The number of benzene rings is 1. The molecule has 0 aromatic heterocycles. The molecule has 1 fully saturated rings. The molecule has 6 heteroatoms. The molecule has 1 N–H and O–H groups in total. The van der Waals surface area contributed by atoms with Crippen LogP contribution in [0.1, 0.15) is 24.8 Å². The molecule has 0 bridgehead atoms. The van der Waals surface area contributed by atoms with Gasteiger partial charge in [-0.15, -0.1) is 12.4 Å². The van der Waals surface area contributed by atoms with E-state index in [-0.39, 0.29) is 18.3 Å². The minimum absolute atomic E-state index is 0. The third kappa shape index (κ3) is 5.29. The lowest BCUT2D eigenvalue weighted by Gasteiger charge is -2.32. The third-order valence-electron chi connectivity index (χ3n) is 4.26. The van der Waals surface area contributed by atoms with Crippen LogP contribution in [-0.2, 0) is 11.2 Å². The Hall–Kier alpha value is -1.46. The van der Waals surface area contributed by atoms with Crippen LogP contribution in [0, 0.1) is 0 Å². The number of methoxy groups -OCH3 is 2. The minimum Gasteiger partial charge on any atom is -0.493 e. The first-order chi connectivity index (χ1) is 10.7. The monoisotopic (exact) mass is 342 g/mol. The highest BCUT2D eigenvalue weighted by Crippen LogP contribution is 2.28. The van der Waals surface area contributed by atoms with E-state index in [9.17, 15) is 4.79 Å². The van der Waals surface area contributed by atoms with Gasteiger partial charge in [-0.3, -0.25) is 4.79 Å². The van der Waals surface area contributed by atoms with Gasteiger partial charge in [0, 0.05) is 25.6 Å². The Morgan fingerprint density at radius 1 is 1.30 bits per heavy atom. The fourth-order valence-corrected chi connectivity index (χ4v) is 2.88. The topological polar surface area (TPSA) is 50.8 Å². The summed E-state index contributed by atoms with van der Waals surface area (Å²) in [5, 5.41) is 3.27. The van der Waals surface area contributed by atoms with Crippen LogP contribution in [0.3, 0.4) is 0 Å². The largest absolute Gasteiger partial charge is 0.493 e. The van der Waals surface area contributed by atoms with Crippen molar-refractivity contribution < 1.29 is 14.3 Å². The molecule has 1 aromatic rings. The van der Waals surface area contributed by atoms with E-state index in [0.29, 0.717) is 24.0 Å². The summed E-state index contributed by atoms with van der Waals surface area (Å²) in [4.78, 5) is 14.3. The molecule has 1 aliphatic heterocycles. The second-order valence-electron chi connectivity index (χ2n) is 5.66. The van der Waals surface area contributed by atoms with Gasteiger partial charge in [-0.2, -0.15) is 0 Å².